The van der Waals surface area contributed by atoms with Crippen molar-refractivity contribution in [3.05, 3.63) is 70.0 Å². The van der Waals surface area contributed by atoms with Gasteiger partial charge in [0, 0.05) is 5.92 Å². The fourth-order valence-corrected chi connectivity index (χ4v) is 3.70. The van der Waals surface area contributed by atoms with Gasteiger partial charge in [0.1, 0.15) is 16.9 Å². The third-order valence-electron chi connectivity index (χ3n) is 4.50. The first-order valence-corrected chi connectivity index (χ1v) is 8.94. The first kappa shape index (κ1) is 17.3. The monoisotopic (exact) mass is 427 g/mol. The molecule has 1 aliphatic rings. The van der Waals surface area contributed by atoms with Crippen molar-refractivity contribution < 1.29 is 19.4 Å². The van der Waals surface area contributed by atoms with Gasteiger partial charge in [-0.05, 0) is 38.2 Å². The van der Waals surface area contributed by atoms with E-state index < -0.39 is 12.1 Å². The molecular weight excluding hydrogens is 414 g/mol. The lowest BCUT2D eigenvalue weighted by Crippen LogP contribution is -2.19. The van der Waals surface area contributed by atoms with Crippen LogP contribution >= 0.6 is 15.9 Å². The first-order chi connectivity index (χ1) is 13.1. The summed E-state index contributed by atoms with van der Waals surface area (Å²) < 4.78 is 5.66. The van der Waals surface area contributed by atoms with Crippen LogP contribution < -0.4 is 5.32 Å². The molecule has 27 heavy (non-hydrogen) atoms. The minimum absolute atomic E-state index is 0.0275. The number of aromatic nitrogens is 2. The Hall–Kier alpha value is -3.13. The normalized spacial score (nSPS) is 12.3. The van der Waals surface area contributed by atoms with Crippen LogP contribution in [0.2, 0.25) is 0 Å². The maximum Gasteiger partial charge on any atom is 0.411 e. The molecule has 0 radical (unpaired) electrons. The molecule has 0 bridgehead atoms. The van der Waals surface area contributed by atoms with E-state index in [0.717, 1.165) is 22.3 Å². The minimum Gasteiger partial charge on any atom is -0.476 e. The van der Waals surface area contributed by atoms with Crippen LogP contribution in [0.4, 0.5) is 10.5 Å². The summed E-state index contributed by atoms with van der Waals surface area (Å²) in [4.78, 5) is 23.4. The molecule has 0 spiro atoms. The number of carboxylic acids is 1. The molecule has 1 aliphatic carbocycles. The third kappa shape index (κ3) is 3.08. The molecule has 0 unspecified atom stereocenters. The average Bonchev–Trinajstić information content (AvgIpc) is 3.19. The number of nitrogens with zero attached hydrogens (tertiary/aromatic N) is 1. The lowest BCUT2D eigenvalue weighted by atomic mass is 9.98. The maximum atomic E-state index is 12.2. The van der Waals surface area contributed by atoms with Crippen LogP contribution in [0.15, 0.2) is 53.1 Å². The van der Waals surface area contributed by atoms with Crippen LogP contribution in [0.5, 0.6) is 0 Å². The van der Waals surface area contributed by atoms with E-state index >= 15 is 0 Å². The van der Waals surface area contributed by atoms with Crippen molar-refractivity contribution in [2.24, 2.45) is 0 Å². The Bertz CT molecular complexity index is 1000. The Morgan fingerprint density at radius 3 is 2.30 bits per heavy atom. The van der Waals surface area contributed by atoms with Gasteiger partial charge in [-0.25, -0.2) is 9.59 Å². The molecule has 3 N–H and O–H groups in total. The Morgan fingerprint density at radius 2 is 1.70 bits per heavy atom. The zero-order valence-electron chi connectivity index (χ0n) is 13.9. The highest BCUT2D eigenvalue weighted by atomic mass is 79.9. The molecule has 0 aliphatic heterocycles. The molecule has 0 fully saturated rings. The summed E-state index contributed by atoms with van der Waals surface area (Å²) in [6.07, 6.45) is -0.749. The number of amides is 1. The van der Waals surface area contributed by atoms with Crippen molar-refractivity contribution >= 4 is 33.7 Å². The molecule has 0 atom stereocenters. The summed E-state index contributed by atoms with van der Waals surface area (Å²) in [7, 11) is 0. The number of nitrogens with one attached hydrogen (secondary N) is 2. The van der Waals surface area contributed by atoms with Gasteiger partial charge in [-0.3, -0.25) is 10.4 Å². The molecule has 0 saturated heterocycles. The number of carboxylic acid groups (broad SMARTS) is 1. The van der Waals surface area contributed by atoms with Crippen LogP contribution in [0.3, 0.4) is 0 Å². The Balaban J connectivity index is 1.52. The van der Waals surface area contributed by atoms with Gasteiger partial charge in [0.05, 0.1) is 0 Å². The Kier molecular flexibility index (Phi) is 4.41. The lowest BCUT2D eigenvalue weighted by Gasteiger charge is -2.14. The molecule has 8 heteroatoms. The quantitative estimate of drug-likeness (QED) is 0.577. The zero-order valence-corrected chi connectivity index (χ0v) is 15.5. The van der Waals surface area contributed by atoms with E-state index in [2.05, 4.69) is 43.6 Å². The summed E-state index contributed by atoms with van der Waals surface area (Å²) in [6.45, 7) is 0.137. The molecule has 4 rings (SSSR count). The fourth-order valence-electron chi connectivity index (χ4n) is 3.33. The van der Waals surface area contributed by atoms with Crippen molar-refractivity contribution in [2.45, 2.75) is 5.92 Å². The van der Waals surface area contributed by atoms with E-state index in [4.69, 9.17) is 9.84 Å². The van der Waals surface area contributed by atoms with E-state index in [0.29, 0.717) is 0 Å². The third-order valence-corrected chi connectivity index (χ3v) is 5.07. The number of ether oxygens (including phenoxy) is 1. The summed E-state index contributed by atoms with van der Waals surface area (Å²) in [5.41, 5.74) is 4.19. The van der Waals surface area contributed by atoms with Crippen LogP contribution in [0, 0.1) is 0 Å². The maximum absolute atomic E-state index is 12.2. The Morgan fingerprint density at radius 1 is 1.11 bits per heavy atom. The highest BCUT2D eigenvalue weighted by Gasteiger charge is 2.29. The molecular formula is C19H14BrN3O4. The number of aromatic amines is 1. The Labute approximate surface area is 162 Å². The number of benzene rings is 2. The molecule has 1 amide bonds. The second-order valence-electron chi connectivity index (χ2n) is 6.02. The molecule has 7 nitrogen and oxygen atoms in total. The van der Waals surface area contributed by atoms with Crippen LogP contribution in [-0.2, 0) is 4.74 Å². The van der Waals surface area contributed by atoms with Crippen molar-refractivity contribution in [3.8, 4) is 11.1 Å². The van der Waals surface area contributed by atoms with E-state index in [9.17, 15) is 9.59 Å². The van der Waals surface area contributed by atoms with Gasteiger partial charge in [-0.2, -0.15) is 5.10 Å². The summed E-state index contributed by atoms with van der Waals surface area (Å²) in [5.74, 6) is -1.33. The van der Waals surface area contributed by atoms with E-state index in [1.54, 1.807) is 0 Å². The summed E-state index contributed by atoms with van der Waals surface area (Å²) in [5, 5.41) is 17.6. The number of carbonyl (C=O) groups is 2. The molecule has 3 aromatic rings. The van der Waals surface area contributed by atoms with E-state index in [-0.39, 0.29) is 28.5 Å². The molecule has 136 valence electrons. The highest BCUT2D eigenvalue weighted by Crippen LogP contribution is 2.44. The number of halogens is 1. The van der Waals surface area contributed by atoms with Crippen molar-refractivity contribution in [3.63, 3.8) is 0 Å². The number of rotatable bonds is 4. The van der Waals surface area contributed by atoms with Crippen molar-refractivity contribution in [1.82, 2.24) is 10.2 Å². The number of H-pyrrole nitrogens is 1. The van der Waals surface area contributed by atoms with Gasteiger partial charge in [-0.15, -0.1) is 0 Å². The van der Waals surface area contributed by atoms with Crippen LogP contribution in [-0.4, -0.2) is 34.0 Å². The van der Waals surface area contributed by atoms with Crippen molar-refractivity contribution in [1.29, 1.82) is 0 Å². The van der Waals surface area contributed by atoms with E-state index in [1.165, 1.54) is 0 Å². The van der Waals surface area contributed by atoms with Gasteiger partial charge in [0.25, 0.3) is 0 Å². The van der Waals surface area contributed by atoms with Crippen molar-refractivity contribution in [2.75, 3.05) is 11.9 Å². The summed E-state index contributed by atoms with van der Waals surface area (Å²) in [6, 6.07) is 16.0. The highest BCUT2D eigenvalue weighted by molar-refractivity contribution is 9.10. The number of fused-ring (bicyclic) bond motifs is 3. The number of hydrogen-bond acceptors (Lipinski definition) is 4. The number of carbonyl (C=O) groups excluding carboxylic acids is 1. The second kappa shape index (κ2) is 6.88. The SMILES string of the molecule is O=C(Nc1c(C(=O)O)n[nH]c1Br)OCC1c2ccccc2-c2ccccc21. The first-order valence-electron chi connectivity index (χ1n) is 8.15. The van der Waals surface area contributed by atoms with Gasteiger partial charge in [-0.1, -0.05) is 48.5 Å². The van der Waals surface area contributed by atoms with E-state index in [1.807, 2.05) is 36.4 Å². The zero-order chi connectivity index (χ0) is 19.0. The number of anilines is 1. The van der Waals surface area contributed by atoms with Crippen LogP contribution in [0.1, 0.15) is 27.5 Å². The number of hydrogen-bond donors (Lipinski definition) is 3. The van der Waals surface area contributed by atoms with Gasteiger partial charge in [0.15, 0.2) is 5.69 Å². The minimum atomic E-state index is -1.26. The molecule has 2 aromatic carbocycles. The topological polar surface area (TPSA) is 104 Å². The molecule has 0 saturated carbocycles. The fraction of sp³-hybridized carbons (Fsp3) is 0.105. The number of aromatic carboxylic acids is 1. The second-order valence-corrected chi connectivity index (χ2v) is 6.81. The lowest BCUT2D eigenvalue weighted by molar-refractivity contribution is 0.0691. The predicted octanol–water partition coefficient (Wildman–Crippen LogP) is 4.23. The van der Waals surface area contributed by atoms with Gasteiger partial charge >= 0.3 is 12.1 Å². The van der Waals surface area contributed by atoms with Gasteiger partial charge < -0.3 is 9.84 Å². The molecule has 1 heterocycles. The predicted molar refractivity (Wildman–Crippen MR) is 102 cm³/mol. The largest absolute Gasteiger partial charge is 0.476 e. The van der Waals surface area contributed by atoms with Crippen LogP contribution in [0.25, 0.3) is 11.1 Å². The standard InChI is InChI=1S/C19H14BrN3O4/c20-17-15(16(18(24)25)22-23-17)21-19(26)27-9-14-12-7-3-1-5-10(12)11-6-2-4-8-13(11)14/h1-8,14H,9H2,(H,21,26)(H,22,23)(H,24,25). The molecule has 1 aromatic heterocycles. The average molecular weight is 428 g/mol. The van der Waals surface area contributed by atoms with Gasteiger partial charge in [0.2, 0.25) is 0 Å². The summed E-state index contributed by atoms with van der Waals surface area (Å²) >= 11 is 3.12. The smallest absolute Gasteiger partial charge is 0.411 e.